The van der Waals surface area contributed by atoms with Crippen molar-refractivity contribution in [3.8, 4) is 0 Å². The van der Waals surface area contributed by atoms with Crippen LogP contribution < -0.4 is 5.32 Å². The van der Waals surface area contributed by atoms with Crippen molar-refractivity contribution >= 4 is 18.3 Å². The molecule has 0 saturated carbocycles. The average Bonchev–Trinajstić information content (AvgIpc) is 2.82. The Balaban J connectivity index is 0.00000180. The second kappa shape index (κ2) is 7.56. The first-order valence-electron chi connectivity index (χ1n) is 6.70. The largest absolute Gasteiger partial charge is 0.459 e. The number of halogens is 1. The molecule has 0 atom stereocenters. The van der Waals surface area contributed by atoms with E-state index in [2.05, 4.69) is 5.32 Å². The van der Waals surface area contributed by atoms with E-state index in [-0.39, 0.29) is 18.3 Å². The predicted octanol–water partition coefficient (Wildman–Crippen LogP) is 2.47. The number of likely N-dealkylation sites (tertiary alicyclic amines) is 1. The zero-order valence-corrected chi connectivity index (χ0v) is 12.5. The van der Waals surface area contributed by atoms with Crippen molar-refractivity contribution in [2.75, 3.05) is 26.7 Å². The number of piperidine rings is 1. The molecular weight excluding hydrogens is 264 g/mol. The fourth-order valence-electron chi connectivity index (χ4n) is 2.51. The van der Waals surface area contributed by atoms with E-state index in [1.165, 1.54) is 6.42 Å². The first-order valence-corrected chi connectivity index (χ1v) is 6.70. The molecule has 1 fully saturated rings. The first kappa shape index (κ1) is 16.1. The highest BCUT2D eigenvalue weighted by Crippen LogP contribution is 2.22. The van der Waals surface area contributed by atoms with Gasteiger partial charge in [0, 0.05) is 18.7 Å². The van der Waals surface area contributed by atoms with Gasteiger partial charge in [-0.1, -0.05) is 0 Å². The molecule has 1 aliphatic heterocycles. The van der Waals surface area contributed by atoms with E-state index >= 15 is 0 Å². The predicted molar refractivity (Wildman–Crippen MR) is 77.9 cm³/mol. The third kappa shape index (κ3) is 3.98. The number of aryl methyl sites for hydroxylation is 1. The summed E-state index contributed by atoms with van der Waals surface area (Å²) in [5, 5.41) is 3.18. The third-order valence-corrected chi connectivity index (χ3v) is 3.76. The summed E-state index contributed by atoms with van der Waals surface area (Å²) in [5.74, 6) is 1.30. The van der Waals surface area contributed by atoms with Crippen LogP contribution in [0.1, 0.15) is 35.4 Å². The van der Waals surface area contributed by atoms with Gasteiger partial charge in [-0.2, -0.15) is 0 Å². The van der Waals surface area contributed by atoms with Gasteiger partial charge in [0.1, 0.15) is 0 Å². The lowest BCUT2D eigenvalue weighted by Gasteiger charge is -2.31. The van der Waals surface area contributed by atoms with Crippen LogP contribution in [-0.2, 0) is 0 Å². The van der Waals surface area contributed by atoms with Crippen LogP contribution in [0.2, 0.25) is 0 Å². The van der Waals surface area contributed by atoms with Crippen LogP contribution in [0.5, 0.6) is 0 Å². The van der Waals surface area contributed by atoms with Gasteiger partial charge < -0.3 is 14.6 Å². The van der Waals surface area contributed by atoms with E-state index in [1.807, 2.05) is 24.9 Å². The highest BCUT2D eigenvalue weighted by molar-refractivity contribution is 5.92. The molecule has 5 heteroatoms. The van der Waals surface area contributed by atoms with Crippen LogP contribution >= 0.6 is 12.4 Å². The molecule has 0 spiro atoms. The van der Waals surface area contributed by atoms with Crippen LogP contribution in [-0.4, -0.2) is 37.5 Å². The molecule has 0 radical (unpaired) electrons. The van der Waals surface area contributed by atoms with Crippen LogP contribution in [0.15, 0.2) is 16.7 Å². The van der Waals surface area contributed by atoms with Crippen molar-refractivity contribution in [2.45, 2.75) is 26.2 Å². The SMILES string of the molecule is CNCCC1CCN(C(=O)c2occc2C)CC1.Cl. The molecule has 2 rings (SSSR count). The Morgan fingerprint density at radius 3 is 2.68 bits per heavy atom. The molecule has 1 aromatic heterocycles. The van der Waals surface area contributed by atoms with Crippen molar-refractivity contribution in [1.29, 1.82) is 0 Å². The molecule has 1 saturated heterocycles. The summed E-state index contributed by atoms with van der Waals surface area (Å²) in [6.07, 6.45) is 5.00. The molecule has 2 heterocycles. The van der Waals surface area contributed by atoms with Crippen LogP contribution in [0.4, 0.5) is 0 Å². The maximum atomic E-state index is 12.2. The minimum atomic E-state index is 0. The Labute approximate surface area is 120 Å². The second-order valence-corrected chi connectivity index (χ2v) is 5.06. The van der Waals surface area contributed by atoms with E-state index in [4.69, 9.17) is 4.42 Å². The van der Waals surface area contributed by atoms with Gasteiger partial charge in [-0.3, -0.25) is 4.79 Å². The smallest absolute Gasteiger partial charge is 0.289 e. The summed E-state index contributed by atoms with van der Waals surface area (Å²) < 4.78 is 5.27. The zero-order chi connectivity index (χ0) is 13.0. The van der Waals surface area contributed by atoms with Gasteiger partial charge in [0.05, 0.1) is 6.26 Å². The first-order chi connectivity index (χ1) is 8.72. The molecule has 1 amide bonds. The van der Waals surface area contributed by atoms with Gasteiger partial charge in [0.2, 0.25) is 0 Å². The highest BCUT2D eigenvalue weighted by atomic mass is 35.5. The molecule has 19 heavy (non-hydrogen) atoms. The van der Waals surface area contributed by atoms with Crippen molar-refractivity contribution in [3.05, 3.63) is 23.7 Å². The number of carbonyl (C=O) groups excluding carboxylic acids is 1. The van der Waals surface area contributed by atoms with Gasteiger partial charge in [0.25, 0.3) is 5.91 Å². The Bertz CT molecular complexity index is 398. The normalized spacial score (nSPS) is 16.2. The molecule has 0 aromatic carbocycles. The monoisotopic (exact) mass is 286 g/mol. The number of nitrogens with one attached hydrogen (secondary N) is 1. The molecule has 0 unspecified atom stereocenters. The summed E-state index contributed by atoms with van der Waals surface area (Å²) in [6, 6.07) is 1.84. The molecule has 0 bridgehead atoms. The standard InChI is InChI=1S/C14H22N2O2.ClH/c1-11-6-10-18-13(11)14(17)16-8-4-12(5-9-16)3-7-15-2;/h6,10,12,15H,3-5,7-9H2,1-2H3;1H. The number of hydrogen-bond acceptors (Lipinski definition) is 3. The maximum absolute atomic E-state index is 12.2. The molecule has 4 nitrogen and oxygen atoms in total. The summed E-state index contributed by atoms with van der Waals surface area (Å²) in [7, 11) is 1.98. The molecule has 108 valence electrons. The molecular formula is C14H23ClN2O2. The number of hydrogen-bond donors (Lipinski definition) is 1. The Morgan fingerprint density at radius 1 is 1.47 bits per heavy atom. The topological polar surface area (TPSA) is 45.5 Å². The summed E-state index contributed by atoms with van der Waals surface area (Å²) >= 11 is 0. The number of carbonyl (C=O) groups is 1. The third-order valence-electron chi connectivity index (χ3n) is 3.76. The molecule has 1 aromatic rings. The molecule has 0 aliphatic carbocycles. The van der Waals surface area contributed by atoms with Gasteiger partial charge >= 0.3 is 0 Å². The minimum Gasteiger partial charge on any atom is -0.459 e. The van der Waals surface area contributed by atoms with Crippen LogP contribution in [0.3, 0.4) is 0 Å². The minimum absolute atomic E-state index is 0. The Morgan fingerprint density at radius 2 is 2.16 bits per heavy atom. The van der Waals surface area contributed by atoms with E-state index in [1.54, 1.807) is 6.26 Å². The maximum Gasteiger partial charge on any atom is 0.289 e. The summed E-state index contributed by atoms with van der Waals surface area (Å²) in [6.45, 7) is 4.69. The molecule has 1 N–H and O–H groups in total. The fourth-order valence-corrected chi connectivity index (χ4v) is 2.51. The molecule has 1 aliphatic rings. The lowest BCUT2D eigenvalue weighted by molar-refractivity contribution is 0.0654. The van der Waals surface area contributed by atoms with Crippen LogP contribution in [0.25, 0.3) is 0 Å². The number of nitrogens with zero attached hydrogens (tertiary/aromatic N) is 1. The van der Waals surface area contributed by atoms with Crippen molar-refractivity contribution in [1.82, 2.24) is 10.2 Å². The zero-order valence-electron chi connectivity index (χ0n) is 11.6. The Hall–Kier alpha value is -1.00. The van der Waals surface area contributed by atoms with Gasteiger partial charge in [-0.05, 0) is 51.8 Å². The highest BCUT2D eigenvalue weighted by Gasteiger charge is 2.25. The van der Waals surface area contributed by atoms with Crippen LogP contribution in [0, 0.1) is 12.8 Å². The second-order valence-electron chi connectivity index (χ2n) is 5.06. The van der Waals surface area contributed by atoms with E-state index in [0.29, 0.717) is 5.76 Å². The lowest BCUT2D eigenvalue weighted by atomic mass is 9.93. The number of rotatable bonds is 4. The van der Waals surface area contributed by atoms with E-state index in [0.717, 1.165) is 44.0 Å². The van der Waals surface area contributed by atoms with E-state index < -0.39 is 0 Å². The van der Waals surface area contributed by atoms with Crippen molar-refractivity contribution < 1.29 is 9.21 Å². The summed E-state index contributed by atoms with van der Waals surface area (Å²) in [4.78, 5) is 14.1. The van der Waals surface area contributed by atoms with Gasteiger partial charge in [-0.25, -0.2) is 0 Å². The number of amides is 1. The lowest BCUT2D eigenvalue weighted by Crippen LogP contribution is -2.39. The van der Waals surface area contributed by atoms with Crippen molar-refractivity contribution in [3.63, 3.8) is 0 Å². The van der Waals surface area contributed by atoms with E-state index in [9.17, 15) is 4.79 Å². The number of furan rings is 1. The Kier molecular flexibility index (Phi) is 6.38. The quantitative estimate of drug-likeness (QED) is 0.925. The fraction of sp³-hybridized carbons (Fsp3) is 0.643. The average molecular weight is 287 g/mol. The van der Waals surface area contributed by atoms with Gasteiger partial charge in [-0.15, -0.1) is 12.4 Å². The summed E-state index contributed by atoms with van der Waals surface area (Å²) in [5.41, 5.74) is 0.928. The van der Waals surface area contributed by atoms with Crippen molar-refractivity contribution in [2.24, 2.45) is 5.92 Å². The van der Waals surface area contributed by atoms with Gasteiger partial charge in [0.15, 0.2) is 5.76 Å².